The molecule has 1 aliphatic carbocycles. The van der Waals surface area contributed by atoms with E-state index in [0.717, 1.165) is 31.6 Å². The molecule has 0 spiro atoms. The summed E-state index contributed by atoms with van der Waals surface area (Å²) in [5.41, 5.74) is 0.514. The van der Waals surface area contributed by atoms with Gasteiger partial charge in [0, 0.05) is 12.1 Å². The van der Waals surface area contributed by atoms with Crippen LogP contribution in [0.25, 0.3) is 0 Å². The first-order valence-electron chi connectivity index (χ1n) is 6.72. The van der Waals surface area contributed by atoms with Crippen LogP contribution in [-0.4, -0.2) is 23.0 Å². The summed E-state index contributed by atoms with van der Waals surface area (Å²) < 4.78 is 0. The fraction of sp³-hybridized carbons (Fsp3) is 0.571. The first-order chi connectivity index (χ1) is 8.69. The Morgan fingerprint density at radius 1 is 1.39 bits per heavy atom. The van der Waals surface area contributed by atoms with E-state index in [1.165, 1.54) is 6.42 Å². The minimum Gasteiger partial charge on any atom is -0.370 e. The predicted molar refractivity (Wildman–Crippen MR) is 72.7 cm³/mol. The molecular formula is C14H21N3O. The van der Waals surface area contributed by atoms with Gasteiger partial charge in [-0.25, -0.2) is 4.98 Å². The molecule has 1 aromatic heterocycles. The number of pyridine rings is 1. The summed E-state index contributed by atoms with van der Waals surface area (Å²) in [5, 5.41) is 6.25. The first kappa shape index (κ1) is 12.9. The number of anilines is 1. The third kappa shape index (κ3) is 2.63. The molecule has 1 heterocycles. The van der Waals surface area contributed by atoms with Gasteiger partial charge in [0.25, 0.3) is 5.91 Å². The van der Waals surface area contributed by atoms with Gasteiger partial charge in [-0.3, -0.25) is 4.79 Å². The van der Waals surface area contributed by atoms with Crippen molar-refractivity contribution in [2.75, 3.05) is 11.9 Å². The number of aromatic nitrogens is 1. The molecule has 0 aliphatic heterocycles. The number of hydrogen-bond donors (Lipinski definition) is 2. The van der Waals surface area contributed by atoms with Crippen LogP contribution >= 0.6 is 0 Å². The molecule has 2 rings (SSSR count). The molecule has 4 heteroatoms. The van der Waals surface area contributed by atoms with Crippen LogP contribution in [0.15, 0.2) is 18.2 Å². The van der Waals surface area contributed by atoms with E-state index in [1.807, 2.05) is 19.1 Å². The molecule has 0 saturated heterocycles. The van der Waals surface area contributed by atoms with Gasteiger partial charge in [0.1, 0.15) is 11.5 Å². The van der Waals surface area contributed by atoms with E-state index >= 15 is 0 Å². The first-order valence-corrected chi connectivity index (χ1v) is 6.72. The molecule has 1 saturated carbocycles. The molecule has 1 amide bonds. The monoisotopic (exact) mass is 247 g/mol. The Balaban J connectivity index is 2.06. The van der Waals surface area contributed by atoms with Crippen LogP contribution in [0.1, 0.15) is 50.0 Å². The molecule has 0 radical (unpaired) electrons. The maximum absolute atomic E-state index is 12.2. The van der Waals surface area contributed by atoms with Crippen LogP contribution < -0.4 is 10.6 Å². The zero-order valence-corrected chi connectivity index (χ0v) is 11.1. The fourth-order valence-electron chi connectivity index (χ4n) is 2.32. The van der Waals surface area contributed by atoms with Gasteiger partial charge in [-0.1, -0.05) is 13.0 Å². The van der Waals surface area contributed by atoms with E-state index in [4.69, 9.17) is 0 Å². The lowest BCUT2D eigenvalue weighted by Gasteiger charge is -2.41. The fourth-order valence-corrected chi connectivity index (χ4v) is 2.32. The van der Waals surface area contributed by atoms with Crippen molar-refractivity contribution >= 4 is 11.7 Å². The highest BCUT2D eigenvalue weighted by atomic mass is 16.2. The highest BCUT2D eigenvalue weighted by Crippen LogP contribution is 2.34. The molecule has 1 fully saturated rings. The third-order valence-electron chi connectivity index (χ3n) is 3.71. The van der Waals surface area contributed by atoms with Crippen molar-refractivity contribution in [3.05, 3.63) is 23.9 Å². The second kappa shape index (κ2) is 5.38. The highest BCUT2D eigenvalue weighted by Gasteiger charge is 2.36. The number of carbonyl (C=O) groups is 1. The number of nitrogens with one attached hydrogen (secondary N) is 2. The molecule has 0 atom stereocenters. The number of nitrogens with zero attached hydrogens (tertiary/aromatic N) is 1. The molecule has 1 aliphatic rings. The van der Waals surface area contributed by atoms with E-state index in [9.17, 15) is 4.79 Å². The average Bonchev–Trinajstić information content (AvgIpc) is 2.34. The van der Waals surface area contributed by atoms with E-state index < -0.39 is 0 Å². The summed E-state index contributed by atoms with van der Waals surface area (Å²) in [6.07, 6.45) is 4.37. The van der Waals surface area contributed by atoms with Crippen molar-refractivity contribution in [3.8, 4) is 0 Å². The number of carbonyl (C=O) groups excluding carboxylic acids is 1. The summed E-state index contributed by atoms with van der Waals surface area (Å²) in [6, 6.07) is 5.50. The Bertz CT molecular complexity index is 421. The lowest BCUT2D eigenvalue weighted by atomic mass is 9.75. The van der Waals surface area contributed by atoms with Gasteiger partial charge in [-0.15, -0.1) is 0 Å². The Labute approximate surface area is 108 Å². The molecule has 98 valence electrons. The maximum atomic E-state index is 12.2. The van der Waals surface area contributed by atoms with Gasteiger partial charge in [-0.2, -0.15) is 0 Å². The summed E-state index contributed by atoms with van der Waals surface area (Å²) in [4.78, 5) is 16.5. The topological polar surface area (TPSA) is 54.0 Å². The summed E-state index contributed by atoms with van der Waals surface area (Å²) in [5.74, 6) is 0.695. The van der Waals surface area contributed by atoms with Crippen molar-refractivity contribution in [2.45, 2.75) is 45.1 Å². The van der Waals surface area contributed by atoms with E-state index in [0.29, 0.717) is 5.69 Å². The molecule has 0 bridgehead atoms. The smallest absolute Gasteiger partial charge is 0.270 e. The number of rotatable bonds is 5. The Morgan fingerprint density at radius 2 is 2.17 bits per heavy atom. The maximum Gasteiger partial charge on any atom is 0.270 e. The average molecular weight is 247 g/mol. The largest absolute Gasteiger partial charge is 0.370 e. The SMILES string of the molecule is CCNc1cccc(C(=O)NC2(CC)CCC2)n1. The van der Waals surface area contributed by atoms with Gasteiger partial charge < -0.3 is 10.6 Å². The molecule has 2 N–H and O–H groups in total. The van der Waals surface area contributed by atoms with Crippen molar-refractivity contribution in [2.24, 2.45) is 0 Å². The van der Waals surface area contributed by atoms with E-state index in [1.54, 1.807) is 6.07 Å². The molecule has 4 nitrogen and oxygen atoms in total. The Hall–Kier alpha value is -1.58. The number of amides is 1. The Kier molecular flexibility index (Phi) is 3.84. The van der Waals surface area contributed by atoms with Crippen LogP contribution in [0.2, 0.25) is 0 Å². The highest BCUT2D eigenvalue weighted by molar-refractivity contribution is 5.93. The van der Waals surface area contributed by atoms with Crippen LogP contribution in [0.3, 0.4) is 0 Å². The summed E-state index contributed by atoms with van der Waals surface area (Å²) >= 11 is 0. The molecule has 18 heavy (non-hydrogen) atoms. The summed E-state index contributed by atoms with van der Waals surface area (Å²) in [7, 11) is 0. The molecular weight excluding hydrogens is 226 g/mol. The molecule has 0 aromatic carbocycles. The van der Waals surface area contributed by atoms with Crippen LogP contribution in [0, 0.1) is 0 Å². The standard InChI is InChI=1S/C14H21N3O/c1-3-14(9-6-10-14)17-13(18)11-7-5-8-12(16-11)15-4-2/h5,7-8H,3-4,6,9-10H2,1-2H3,(H,15,16)(H,17,18). The van der Waals surface area contributed by atoms with Gasteiger partial charge in [0.15, 0.2) is 0 Å². The van der Waals surface area contributed by atoms with Gasteiger partial charge in [0.2, 0.25) is 0 Å². The van der Waals surface area contributed by atoms with Crippen LogP contribution in [0.4, 0.5) is 5.82 Å². The van der Waals surface area contributed by atoms with Crippen LogP contribution in [0.5, 0.6) is 0 Å². The third-order valence-corrected chi connectivity index (χ3v) is 3.71. The molecule has 0 unspecified atom stereocenters. The minimum atomic E-state index is -0.0590. The second-order valence-electron chi connectivity index (χ2n) is 4.88. The van der Waals surface area contributed by atoms with Crippen molar-refractivity contribution < 1.29 is 4.79 Å². The zero-order chi connectivity index (χ0) is 13.0. The van der Waals surface area contributed by atoms with Gasteiger partial charge >= 0.3 is 0 Å². The normalized spacial score (nSPS) is 16.8. The van der Waals surface area contributed by atoms with Crippen molar-refractivity contribution in [3.63, 3.8) is 0 Å². The lowest BCUT2D eigenvalue weighted by molar-refractivity contribution is 0.0815. The van der Waals surface area contributed by atoms with E-state index in [2.05, 4.69) is 22.5 Å². The van der Waals surface area contributed by atoms with Crippen molar-refractivity contribution in [1.82, 2.24) is 10.3 Å². The Morgan fingerprint density at radius 3 is 2.72 bits per heavy atom. The lowest BCUT2D eigenvalue weighted by Crippen LogP contribution is -2.53. The second-order valence-corrected chi connectivity index (χ2v) is 4.88. The predicted octanol–water partition coefficient (Wildman–Crippen LogP) is 2.58. The summed E-state index contributed by atoms with van der Waals surface area (Å²) in [6.45, 7) is 4.94. The van der Waals surface area contributed by atoms with Gasteiger partial charge in [0.05, 0.1) is 0 Å². The minimum absolute atomic E-state index is 0.0208. The molecule has 1 aromatic rings. The number of hydrogen-bond acceptors (Lipinski definition) is 3. The van der Waals surface area contributed by atoms with Crippen molar-refractivity contribution in [1.29, 1.82) is 0 Å². The zero-order valence-electron chi connectivity index (χ0n) is 11.1. The van der Waals surface area contributed by atoms with Crippen LogP contribution in [-0.2, 0) is 0 Å². The van der Waals surface area contributed by atoms with E-state index in [-0.39, 0.29) is 11.4 Å². The van der Waals surface area contributed by atoms with Gasteiger partial charge in [-0.05, 0) is 44.7 Å². The quantitative estimate of drug-likeness (QED) is 0.840.